The third-order valence-electron chi connectivity index (χ3n) is 4.12. The van der Waals surface area contributed by atoms with E-state index in [0.717, 1.165) is 33.9 Å². The fourth-order valence-electron chi connectivity index (χ4n) is 2.87. The summed E-state index contributed by atoms with van der Waals surface area (Å²) in [6.45, 7) is 0.725. The van der Waals surface area contributed by atoms with Crippen molar-refractivity contribution in [3.63, 3.8) is 0 Å². The van der Waals surface area contributed by atoms with Gasteiger partial charge in [-0.15, -0.1) is 11.3 Å². The van der Waals surface area contributed by atoms with E-state index in [1.54, 1.807) is 22.3 Å². The predicted octanol–water partition coefficient (Wildman–Crippen LogP) is 3.79. The molecule has 1 aliphatic rings. The summed E-state index contributed by atoms with van der Waals surface area (Å²) in [5.41, 5.74) is 1.43. The molecule has 4 rings (SSSR count). The van der Waals surface area contributed by atoms with Crippen LogP contribution >= 0.6 is 23.1 Å². The monoisotopic (exact) mass is 369 g/mol. The van der Waals surface area contributed by atoms with Crippen LogP contribution in [-0.4, -0.2) is 34.0 Å². The van der Waals surface area contributed by atoms with Crippen molar-refractivity contribution in [3.05, 3.63) is 47.6 Å². The lowest BCUT2D eigenvalue weighted by molar-refractivity contribution is -0.117. The minimum Gasteiger partial charge on any atom is -0.312 e. The van der Waals surface area contributed by atoms with Gasteiger partial charge in [0.05, 0.1) is 5.75 Å². The lowest BCUT2D eigenvalue weighted by Crippen LogP contribution is -2.23. The number of hydrogen-bond acceptors (Lipinski definition) is 6. The number of thioether (sulfide) groups is 1. The zero-order chi connectivity index (χ0) is 17.2. The standard InChI is InChI=1S/C18H15N3O2S2/c22-15(10-25-18-14-6-8-24-17(14)19-11-20-18)12-3-1-4-13(9-12)21-7-2-5-16(21)23/h1,3-4,6,8-9,11H,2,5,7,10H2. The summed E-state index contributed by atoms with van der Waals surface area (Å²) < 4.78 is 0. The molecule has 1 amide bonds. The second-order valence-electron chi connectivity index (χ2n) is 5.73. The van der Waals surface area contributed by atoms with E-state index in [1.165, 1.54) is 18.1 Å². The molecule has 0 N–H and O–H groups in total. The fraction of sp³-hybridized carbons (Fsp3) is 0.222. The van der Waals surface area contributed by atoms with E-state index in [9.17, 15) is 9.59 Å². The van der Waals surface area contributed by atoms with E-state index in [0.29, 0.717) is 17.7 Å². The third-order valence-corrected chi connectivity index (χ3v) is 5.94. The average Bonchev–Trinajstić information content (AvgIpc) is 3.28. The van der Waals surface area contributed by atoms with Crippen LogP contribution in [0.4, 0.5) is 5.69 Å². The summed E-state index contributed by atoms with van der Waals surface area (Å²) in [5, 5.41) is 3.79. The molecule has 1 aliphatic heterocycles. The molecular weight excluding hydrogens is 354 g/mol. The van der Waals surface area contributed by atoms with Gasteiger partial charge in [0.1, 0.15) is 16.2 Å². The highest BCUT2D eigenvalue weighted by molar-refractivity contribution is 8.00. The van der Waals surface area contributed by atoms with E-state index in [-0.39, 0.29) is 11.7 Å². The summed E-state index contributed by atoms with van der Waals surface area (Å²) in [4.78, 5) is 35.7. The predicted molar refractivity (Wildman–Crippen MR) is 100 cm³/mol. The first-order valence-electron chi connectivity index (χ1n) is 7.97. The molecule has 5 nitrogen and oxygen atoms in total. The van der Waals surface area contributed by atoms with Crippen LogP contribution in [0, 0.1) is 0 Å². The lowest BCUT2D eigenvalue weighted by Gasteiger charge is -2.16. The number of fused-ring (bicyclic) bond motifs is 1. The molecule has 126 valence electrons. The van der Waals surface area contributed by atoms with Gasteiger partial charge >= 0.3 is 0 Å². The van der Waals surface area contributed by atoms with E-state index >= 15 is 0 Å². The van der Waals surface area contributed by atoms with Crippen LogP contribution in [0.15, 0.2) is 47.1 Å². The molecule has 2 aromatic heterocycles. The van der Waals surface area contributed by atoms with Crippen molar-refractivity contribution >= 4 is 50.7 Å². The van der Waals surface area contributed by atoms with Crippen molar-refractivity contribution < 1.29 is 9.59 Å². The Morgan fingerprint density at radius 3 is 3.04 bits per heavy atom. The third kappa shape index (κ3) is 3.29. The molecule has 0 bridgehead atoms. The number of Topliss-reactive ketones (excluding diaryl/α,β-unsaturated/α-hetero) is 1. The normalized spacial score (nSPS) is 14.4. The van der Waals surface area contributed by atoms with Gasteiger partial charge in [0.25, 0.3) is 0 Å². The Labute approximate surface area is 153 Å². The van der Waals surface area contributed by atoms with Gasteiger partial charge in [-0.1, -0.05) is 23.9 Å². The van der Waals surface area contributed by atoms with Crippen molar-refractivity contribution in [1.82, 2.24) is 9.97 Å². The Kier molecular flexibility index (Phi) is 4.50. The molecule has 25 heavy (non-hydrogen) atoms. The van der Waals surface area contributed by atoms with Crippen LogP contribution in [0.1, 0.15) is 23.2 Å². The molecule has 0 spiro atoms. The van der Waals surface area contributed by atoms with Gasteiger partial charge in [-0.25, -0.2) is 9.97 Å². The van der Waals surface area contributed by atoms with Crippen LogP contribution in [0.2, 0.25) is 0 Å². The minimum atomic E-state index is 0.0282. The van der Waals surface area contributed by atoms with Gasteiger partial charge in [-0.05, 0) is 30.0 Å². The first-order valence-corrected chi connectivity index (χ1v) is 9.83. The number of thiophene rings is 1. The largest absolute Gasteiger partial charge is 0.312 e. The molecule has 0 saturated carbocycles. The lowest BCUT2D eigenvalue weighted by atomic mass is 10.1. The van der Waals surface area contributed by atoms with Crippen molar-refractivity contribution in [3.8, 4) is 0 Å². The number of amides is 1. The van der Waals surface area contributed by atoms with Crippen LogP contribution < -0.4 is 4.90 Å². The highest BCUT2D eigenvalue weighted by Gasteiger charge is 2.22. The Balaban J connectivity index is 1.50. The highest BCUT2D eigenvalue weighted by atomic mass is 32.2. The van der Waals surface area contributed by atoms with E-state index in [2.05, 4.69) is 9.97 Å². The van der Waals surface area contributed by atoms with Crippen LogP contribution in [0.3, 0.4) is 0 Å². The van der Waals surface area contributed by atoms with E-state index in [1.807, 2.05) is 29.6 Å². The quantitative estimate of drug-likeness (QED) is 0.389. The van der Waals surface area contributed by atoms with Crippen LogP contribution in [0.5, 0.6) is 0 Å². The molecule has 1 saturated heterocycles. The second kappa shape index (κ2) is 6.93. The van der Waals surface area contributed by atoms with Gasteiger partial charge in [0.15, 0.2) is 5.78 Å². The maximum atomic E-state index is 12.6. The molecule has 0 aliphatic carbocycles. The molecule has 0 unspecified atom stereocenters. The first-order chi connectivity index (χ1) is 12.2. The van der Waals surface area contributed by atoms with Gasteiger partial charge in [0, 0.05) is 29.6 Å². The maximum Gasteiger partial charge on any atom is 0.227 e. The number of carbonyl (C=O) groups is 2. The van der Waals surface area contributed by atoms with Gasteiger partial charge in [0.2, 0.25) is 5.91 Å². The van der Waals surface area contributed by atoms with Crippen molar-refractivity contribution in [2.45, 2.75) is 17.9 Å². The van der Waals surface area contributed by atoms with E-state index < -0.39 is 0 Å². The Morgan fingerprint density at radius 1 is 1.28 bits per heavy atom. The molecule has 3 heterocycles. The van der Waals surface area contributed by atoms with Crippen molar-refractivity contribution in [2.24, 2.45) is 0 Å². The summed E-state index contributed by atoms with van der Waals surface area (Å²) in [6.07, 6.45) is 2.99. The van der Waals surface area contributed by atoms with Gasteiger partial charge in [-0.3, -0.25) is 9.59 Å². The Morgan fingerprint density at radius 2 is 2.20 bits per heavy atom. The number of carbonyl (C=O) groups excluding carboxylic acids is 2. The molecular formula is C18H15N3O2S2. The summed E-state index contributed by atoms with van der Waals surface area (Å²) in [5.74, 6) is 0.458. The maximum absolute atomic E-state index is 12.6. The molecule has 3 aromatic rings. The molecule has 1 fully saturated rings. The second-order valence-corrected chi connectivity index (χ2v) is 7.59. The van der Waals surface area contributed by atoms with Crippen LogP contribution in [-0.2, 0) is 4.79 Å². The smallest absolute Gasteiger partial charge is 0.227 e. The Hall–Kier alpha value is -2.25. The average molecular weight is 369 g/mol. The van der Waals surface area contributed by atoms with Gasteiger partial charge < -0.3 is 4.90 Å². The topological polar surface area (TPSA) is 63.2 Å². The fourth-order valence-corrected chi connectivity index (χ4v) is 4.54. The number of nitrogens with zero attached hydrogens (tertiary/aromatic N) is 3. The number of rotatable bonds is 5. The minimum absolute atomic E-state index is 0.0282. The Bertz CT molecular complexity index is 954. The highest BCUT2D eigenvalue weighted by Crippen LogP contribution is 2.28. The van der Waals surface area contributed by atoms with Crippen molar-refractivity contribution in [1.29, 1.82) is 0 Å². The number of benzene rings is 1. The molecule has 1 aromatic carbocycles. The van der Waals surface area contributed by atoms with E-state index in [4.69, 9.17) is 0 Å². The summed E-state index contributed by atoms with van der Waals surface area (Å²) in [7, 11) is 0. The molecule has 0 atom stereocenters. The summed E-state index contributed by atoms with van der Waals surface area (Å²) >= 11 is 2.98. The van der Waals surface area contributed by atoms with Crippen molar-refractivity contribution in [2.75, 3.05) is 17.2 Å². The number of hydrogen-bond donors (Lipinski definition) is 0. The summed E-state index contributed by atoms with van der Waals surface area (Å²) in [6, 6.07) is 9.30. The number of aromatic nitrogens is 2. The van der Waals surface area contributed by atoms with Crippen LogP contribution in [0.25, 0.3) is 10.2 Å². The van der Waals surface area contributed by atoms with Gasteiger partial charge in [-0.2, -0.15) is 0 Å². The number of anilines is 1. The molecule has 0 radical (unpaired) electrons. The zero-order valence-electron chi connectivity index (χ0n) is 13.3. The molecule has 7 heteroatoms. The zero-order valence-corrected chi connectivity index (χ0v) is 15.0. The first kappa shape index (κ1) is 16.2. The SMILES string of the molecule is O=C(CSc1ncnc2sccc12)c1cccc(N2CCCC2=O)c1. The number of ketones is 1.